The third-order valence-corrected chi connectivity index (χ3v) is 5.28. The predicted octanol–water partition coefficient (Wildman–Crippen LogP) is 1.50. The third-order valence-electron chi connectivity index (χ3n) is 2.67. The van der Waals surface area contributed by atoms with Gasteiger partial charge in [-0.15, -0.1) is 23.1 Å². The second kappa shape index (κ2) is 3.94. The lowest BCUT2D eigenvalue weighted by Crippen LogP contribution is -2.32. The molecule has 0 spiro atoms. The lowest BCUT2D eigenvalue weighted by molar-refractivity contribution is 0.0954. The summed E-state index contributed by atoms with van der Waals surface area (Å²) in [6, 6.07) is 0. The van der Waals surface area contributed by atoms with Gasteiger partial charge < -0.3 is 5.73 Å². The fourth-order valence-corrected chi connectivity index (χ4v) is 4.13. The first-order chi connectivity index (χ1) is 7.44. The number of fused-ring (bicyclic) bond motifs is 1. The number of nitrogen functional groups attached to an aromatic ring is 2. The predicted molar refractivity (Wildman–Crippen MR) is 69.5 cm³/mol. The van der Waals surface area contributed by atoms with Crippen molar-refractivity contribution in [1.82, 2.24) is 5.43 Å². The van der Waals surface area contributed by atoms with E-state index in [2.05, 4.69) is 19.3 Å². The quantitative estimate of drug-likeness (QED) is 0.404. The summed E-state index contributed by atoms with van der Waals surface area (Å²) in [4.78, 5) is 12.9. The number of amides is 1. The Morgan fingerprint density at radius 2 is 2.19 bits per heavy atom. The number of rotatable bonds is 1. The van der Waals surface area contributed by atoms with Crippen molar-refractivity contribution in [2.75, 3.05) is 5.73 Å². The Hall–Kier alpha value is -0.720. The molecule has 0 unspecified atom stereocenters. The molecule has 0 bridgehead atoms. The number of carbonyl (C=O) groups is 1. The molecular weight excluding hydrogens is 242 g/mol. The summed E-state index contributed by atoms with van der Waals surface area (Å²) in [7, 11) is 0. The molecule has 0 fully saturated rings. The van der Waals surface area contributed by atoms with E-state index in [0.29, 0.717) is 10.6 Å². The third kappa shape index (κ3) is 1.92. The summed E-state index contributed by atoms with van der Waals surface area (Å²) < 4.78 is 0.157. The average Bonchev–Trinajstić information content (AvgIpc) is 2.51. The summed E-state index contributed by atoms with van der Waals surface area (Å²) in [6.07, 6.45) is 0.865. The zero-order chi connectivity index (χ0) is 11.9. The average molecular weight is 257 g/mol. The Bertz CT molecular complexity index is 440. The molecule has 0 atom stereocenters. The topological polar surface area (TPSA) is 81.1 Å². The number of hydrogen-bond donors (Lipinski definition) is 3. The van der Waals surface area contributed by atoms with Crippen molar-refractivity contribution in [1.29, 1.82) is 0 Å². The minimum absolute atomic E-state index is 0.157. The lowest BCUT2D eigenvalue weighted by Gasteiger charge is -2.29. The van der Waals surface area contributed by atoms with E-state index in [-0.39, 0.29) is 10.7 Å². The number of nitrogens with two attached hydrogens (primary N) is 2. The Balaban J connectivity index is 2.48. The molecule has 88 valence electrons. The zero-order valence-corrected chi connectivity index (χ0v) is 10.9. The van der Waals surface area contributed by atoms with Gasteiger partial charge in [0.1, 0.15) is 0 Å². The fraction of sp³-hybridized carbons (Fsp3) is 0.500. The van der Waals surface area contributed by atoms with Crippen molar-refractivity contribution in [2.24, 2.45) is 5.84 Å². The van der Waals surface area contributed by atoms with Crippen LogP contribution < -0.4 is 17.0 Å². The van der Waals surface area contributed by atoms with Crippen LogP contribution >= 0.6 is 23.1 Å². The van der Waals surface area contributed by atoms with Crippen molar-refractivity contribution < 1.29 is 4.79 Å². The van der Waals surface area contributed by atoms with E-state index in [1.54, 1.807) is 0 Å². The standard InChI is InChI=1S/C10H15N3OS2/c1-10(2)3-5-6(4-15-10)16-8(11)7(5)9(14)13-12/h3-4,11-12H2,1-2H3,(H,13,14). The van der Waals surface area contributed by atoms with Gasteiger partial charge in [0, 0.05) is 15.4 Å². The van der Waals surface area contributed by atoms with Gasteiger partial charge in [0.15, 0.2) is 0 Å². The van der Waals surface area contributed by atoms with E-state index >= 15 is 0 Å². The Kier molecular flexibility index (Phi) is 2.90. The van der Waals surface area contributed by atoms with Crippen molar-refractivity contribution in [3.8, 4) is 0 Å². The smallest absolute Gasteiger partial charge is 0.268 e. The molecule has 0 radical (unpaired) electrons. The van der Waals surface area contributed by atoms with Crippen LogP contribution in [0.3, 0.4) is 0 Å². The Morgan fingerprint density at radius 3 is 2.81 bits per heavy atom. The molecule has 0 aromatic carbocycles. The molecule has 5 N–H and O–H groups in total. The van der Waals surface area contributed by atoms with E-state index < -0.39 is 0 Å². The first kappa shape index (κ1) is 11.8. The van der Waals surface area contributed by atoms with Gasteiger partial charge in [0.2, 0.25) is 0 Å². The molecule has 0 aliphatic carbocycles. The molecule has 2 heterocycles. The van der Waals surface area contributed by atoms with E-state index in [9.17, 15) is 4.79 Å². The van der Waals surface area contributed by atoms with Gasteiger partial charge in [-0.3, -0.25) is 10.2 Å². The molecule has 1 amide bonds. The minimum atomic E-state index is -0.280. The highest BCUT2D eigenvalue weighted by atomic mass is 32.2. The summed E-state index contributed by atoms with van der Waals surface area (Å²) in [5.74, 6) is 5.82. The van der Waals surface area contributed by atoms with Crippen LogP contribution in [0.15, 0.2) is 0 Å². The Labute approximate surface area is 103 Å². The van der Waals surface area contributed by atoms with Gasteiger partial charge in [-0.05, 0) is 12.0 Å². The van der Waals surface area contributed by atoms with Crippen LogP contribution in [0.2, 0.25) is 0 Å². The molecular formula is C10H15N3OS2. The van der Waals surface area contributed by atoms with Gasteiger partial charge in [0.05, 0.1) is 10.6 Å². The van der Waals surface area contributed by atoms with Gasteiger partial charge in [-0.2, -0.15) is 0 Å². The van der Waals surface area contributed by atoms with Crippen LogP contribution in [0, 0.1) is 0 Å². The summed E-state index contributed by atoms with van der Waals surface area (Å²) >= 11 is 3.40. The molecule has 0 saturated heterocycles. The lowest BCUT2D eigenvalue weighted by atomic mass is 9.98. The maximum Gasteiger partial charge on any atom is 0.268 e. The maximum atomic E-state index is 11.7. The largest absolute Gasteiger partial charge is 0.390 e. The second-order valence-corrected chi connectivity index (χ2v) is 7.26. The van der Waals surface area contributed by atoms with Crippen LogP contribution in [-0.2, 0) is 12.2 Å². The fourth-order valence-electron chi connectivity index (χ4n) is 1.90. The SMILES string of the molecule is CC1(C)Cc2c(sc(N)c2C(=O)NN)CS1. The first-order valence-electron chi connectivity index (χ1n) is 4.99. The summed E-state index contributed by atoms with van der Waals surface area (Å²) in [6.45, 7) is 4.36. The molecule has 0 saturated carbocycles. The van der Waals surface area contributed by atoms with Crippen LogP contribution in [0.4, 0.5) is 5.00 Å². The van der Waals surface area contributed by atoms with Gasteiger partial charge in [0.25, 0.3) is 5.91 Å². The maximum absolute atomic E-state index is 11.7. The van der Waals surface area contributed by atoms with Gasteiger partial charge >= 0.3 is 0 Å². The van der Waals surface area contributed by atoms with Crippen molar-refractivity contribution in [3.05, 3.63) is 16.0 Å². The number of hydrogen-bond acceptors (Lipinski definition) is 5. The molecule has 4 nitrogen and oxygen atoms in total. The molecule has 1 aliphatic heterocycles. The van der Waals surface area contributed by atoms with Gasteiger partial charge in [-0.25, -0.2) is 5.84 Å². The van der Waals surface area contributed by atoms with E-state index in [0.717, 1.165) is 17.7 Å². The van der Waals surface area contributed by atoms with Crippen LogP contribution in [0.1, 0.15) is 34.6 Å². The molecule has 1 aliphatic rings. The number of carbonyl (C=O) groups excluding carboxylic acids is 1. The molecule has 1 aromatic heterocycles. The normalized spacial score (nSPS) is 17.9. The Morgan fingerprint density at radius 1 is 1.50 bits per heavy atom. The van der Waals surface area contributed by atoms with Crippen molar-refractivity contribution in [3.63, 3.8) is 0 Å². The van der Waals surface area contributed by atoms with Crippen LogP contribution in [0.25, 0.3) is 0 Å². The van der Waals surface area contributed by atoms with Crippen molar-refractivity contribution >= 4 is 34.0 Å². The highest BCUT2D eigenvalue weighted by molar-refractivity contribution is 8.00. The highest BCUT2D eigenvalue weighted by Gasteiger charge is 2.32. The summed E-state index contributed by atoms with van der Waals surface area (Å²) in [5, 5.41) is 0.575. The molecule has 16 heavy (non-hydrogen) atoms. The van der Waals surface area contributed by atoms with Crippen molar-refractivity contribution in [2.45, 2.75) is 30.8 Å². The number of thiophene rings is 1. The van der Waals surface area contributed by atoms with Crippen LogP contribution in [-0.4, -0.2) is 10.7 Å². The van der Waals surface area contributed by atoms with Crippen LogP contribution in [0.5, 0.6) is 0 Å². The van der Waals surface area contributed by atoms with Gasteiger partial charge in [-0.1, -0.05) is 13.8 Å². The number of thioether (sulfide) groups is 1. The molecule has 1 aromatic rings. The number of nitrogens with one attached hydrogen (secondary N) is 1. The minimum Gasteiger partial charge on any atom is -0.390 e. The van der Waals surface area contributed by atoms with E-state index in [1.165, 1.54) is 16.2 Å². The highest BCUT2D eigenvalue weighted by Crippen LogP contribution is 2.44. The number of anilines is 1. The molecule has 2 rings (SSSR count). The first-order valence-corrected chi connectivity index (χ1v) is 6.80. The zero-order valence-electron chi connectivity index (χ0n) is 9.29. The van der Waals surface area contributed by atoms with E-state index in [4.69, 9.17) is 11.6 Å². The molecule has 6 heteroatoms. The number of hydrazine groups is 1. The second-order valence-electron chi connectivity index (χ2n) is 4.44. The monoisotopic (exact) mass is 257 g/mol. The summed E-state index contributed by atoms with van der Waals surface area (Å²) in [5.41, 5.74) is 9.70. The van der Waals surface area contributed by atoms with E-state index in [1.807, 2.05) is 11.8 Å².